The number of aromatic hydroxyl groups is 1. The Labute approximate surface area is 197 Å². The predicted octanol–water partition coefficient (Wildman–Crippen LogP) is 3.16. The van der Waals surface area contributed by atoms with Crippen molar-refractivity contribution in [2.75, 3.05) is 13.7 Å². The summed E-state index contributed by atoms with van der Waals surface area (Å²) in [5.41, 5.74) is 1.08. The van der Waals surface area contributed by atoms with Crippen LogP contribution in [-0.4, -0.2) is 51.7 Å². The molecule has 0 radical (unpaired) electrons. The Morgan fingerprint density at radius 2 is 1.91 bits per heavy atom. The molecule has 166 valence electrons. The van der Waals surface area contributed by atoms with Crippen LogP contribution in [0, 0.1) is 33.5 Å². The second-order valence-corrected chi connectivity index (χ2v) is 11.8. The maximum atomic E-state index is 13.3. The van der Waals surface area contributed by atoms with Gasteiger partial charge in [-0.25, -0.2) is 0 Å². The van der Waals surface area contributed by atoms with Crippen LogP contribution in [0.4, 0.5) is 0 Å². The maximum Gasteiger partial charge on any atom is 0.325 e. The maximum absolute atomic E-state index is 13.3. The Bertz CT molecular complexity index is 1200. The van der Waals surface area contributed by atoms with Crippen LogP contribution in [0.2, 0.25) is 0 Å². The summed E-state index contributed by atoms with van der Waals surface area (Å²) < 4.78 is 5.42. The lowest BCUT2D eigenvalue weighted by Gasteiger charge is -2.43. The van der Waals surface area contributed by atoms with Crippen LogP contribution in [0.25, 0.3) is 0 Å². The number of amides is 2. The van der Waals surface area contributed by atoms with Gasteiger partial charge in [0.25, 0.3) is 0 Å². The minimum Gasteiger partial charge on any atom is -0.508 e. The minimum absolute atomic E-state index is 0.0447. The molecule has 2 N–H and O–H groups in total. The molecule has 2 aromatic rings. The standard InChI is InChI=1S/C22H20N2O5S3/c1-29-12(26)7-24-20(27)15-10-6-11(16(15)21(24)28)17-14(10)13(8-2-4-9(25)5-3-8)18-19(31-17)23-22(30)32-18/h2-5,10-11,13-17,25H,6-7H2,1H3,(H,23,30). The molecule has 1 saturated heterocycles. The number of rotatable bonds is 3. The molecule has 6 rings (SSSR count). The number of aromatic nitrogens is 1. The average Bonchev–Trinajstić information content (AvgIpc) is 3.50. The molecular weight excluding hydrogens is 468 g/mol. The van der Waals surface area contributed by atoms with Gasteiger partial charge in [0, 0.05) is 16.0 Å². The molecule has 10 heteroatoms. The zero-order chi connectivity index (χ0) is 22.3. The van der Waals surface area contributed by atoms with Gasteiger partial charge in [0.05, 0.1) is 24.0 Å². The Balaban J connectivity index is 1.42. The van der Waals surface area contributed by atoms with Gasteiger partial charge >= 0.3 is 5.97 Å². The number of imide groups is 1. The fraction of sp³-hybridized carbons (Fsp3) is 0.455. The first-order valence-electron chi connectivity index (χ1n) is 10.5. The number of methoxy groups -OCH3 is 1. The quantitative estimate of drug-likeness (QED) is 0.389. The molecule has 0 spiro atoms. The summed E-state index contributed by atoms with van der Waals surface area (Å²) in [5.74, 6) is -1.23. The summed E-state index contributed by atoms with van der Waals surface area (Å²) in [7, 11) is 1.26. The van der Waals surface area contributed by atoms with Gasteiger partial charge in [-0.05, 0) is 54.1 Å². The van der Waals surface area contributed by atoms with E-state index in [2.05, 4.69) is 4.98 Å². The van der Waals surface area contributed by atoms with Gasteiger partial charge in [-0.2, -0.15) is 0 Å². The second-order valence-electron chi connectivity index (χ2n) is 8.89. The van der Waals surface area contributed by atoms with Crippen molar-refractivity contribution in [2.45, 2.75) is 22.6 Å². The first kappa shape index (κ1) is 20.4. The molecule has 4 aliphatic rings. The number of aromatic amines is 1. The Morgan fingerprint density at radius 3 is 2.59 bits per heavy atom. The molecule has 32 heavy (non-hydrogen) atoms. The SMILES string of the molecule is COC(=O)CN1C(=O)C2C3CC(C2C1=O)C1C(c2ccc(O)cc2)c2sc(=S)[nH]c2SC31. The summed E-state index contributed by atoms with van der Waals surface area (Å²) in [6.07, 6.45) is 0.839. The number of thioether (sulfide) groups is 1. The van der Waals surface area contributed by atoms with E-state index in [9.17, 15) is 19.5 Å². The average molecular weight is 489 g/mol. The number of phenols is 1. The number of esters is 1. The van der Waals surface area contributed by atoms with Gasteiger partial charge in [-0.3, -0.25) is 19.3 Å². The number of likely N-dealkylation sites (tertiary alicyclic amines) is 1. The molecule has 1 aromatic carbocycles. The molecule has 7 unspecified atom stereocenters. The van der Waals surface area contributed by atoms with Crippen LogP contribution < -0.4 is 0 Å². The van der Waals surface area contributed by atoms with E-state index in [0.29, 0.717) is 0 Å². The minimum atomic E-state index is -0.581. The van der Waals surface area contributed by atoms with Gasteiger partial charge in [-0.1, -0.05) is 12.1 Å². The summed E-state index contributed by atoms with van der Waals surface area (Å²) in [4.78, 5) is 43.9. The lowest BCUT2D eigenvalue weighted by atomic mass is 9.68. The molecule has 1 aromatic heterocycles. The van der Waals surface area contributed by atoms with Crippen molar-refractivity contribution >= 4 is 53.1 Å². The molecule has 2 bridgehead atoms. The number of benzene rings is 1. The van der Waals surface area contributed by atoms with Crippen molar-refractivity contribution in [3.8, 4) is 5.75 Å². The topological polar surface area (TPSA) is 99.7 Å². The van der Waals surface area contributed by atoms with E-state index < -0.39 is 5.97 Å². The first-order chi connectivity index (χ1) is 15.4. The number of carbonyl (C=O) groups excluding carboxylic acids is 3. The van der Waals surface area contributed by atoms with Crippen LogP contribution in [0.15, 0.2) is 29.3 Å². The van der Waals surface area contributed by atoms with E-state index >= 15 is 0 Å². The lowest BCUT2D eigenvalue weighted by Crippen LogP contribution is -2.42. The summed E-state index contributed by atoms with van der Waals surface area (Å²) in [6, 6.07) is 7.26. The van der Waals surface area contributed by atoms with Crippen molar-refractivity contribution < 1.29 is 24.2 Å². The number of H-pyrrole nitrogens is 1. The third-order valence-electron chi connectivity index (χ3n) is 7.58. The number of hydrogen-bond acceptors (Lipinski definition) is 8. The van der Waals surface area contributed by atoms with Gasteiger partial charge in [0.2, 0.25) is 11.8 Å². The van der Waals surface area contributed by atoms with Crippen LogP contribution >= 0.6 is 35.3 Å². The van der Waals surface area contributed by atoms with Crippen molar-refractivity contribution in [1.82, 2.24) is 9.88 Å². The van der Waals surface area contributed by atoms with Crippen molar-refractivity contribution in [3.63, 3.8) is 0 Å². The number of hydrogen-bond donors (Lipinski definition) is 2. The van der Waals surface area contributed by atoms with E-state index in [0.717, 1.165) is 25.9 Å². The highest BCUT2D eigenvalue weighted by molar-refractivity contribution is 8.00. The number of thiazole rings is 1. The molecule has 2 saturated carbocycles. The fourth-order valence-electron chi connectivity index (χ4n) is 6.48. The van der Waals surface area contributed by atoms with Crippen molar-refractivity contribution in [1.29, 1.82) is 0 Å². The summed E-state index contributed by atoms with van der Waals surface area (Å²) >= 11 is 8.76. The molecule has 2 amide bonds. The molecule has 2 aliphatic carbocycles. The molecule has 7 nitrogen and oxygen atoms in total. The van der Waals surface area contributed by atoms with Crippen LogP contribution in [-0.2, 0) is 19.1 Å². The summed E-state index contributed by atoms with van der Waals surface area (Å²) in [6.45, 7) is -0.315. The smallest absolute Gasteiger partial charge is 0.325 e. The normalized spacial score (nSPS) is 34.4. The molecule has 7 atom stereocenters. The van der Waals surface area contributed by atoms with Crippen LogP contribution in [0.3, 0.4) is 0 Å². The highest BCUT2D eigenvalue weighted by atomic mass is 32.2. The Morgan fingerprint density at radius 1 is 1.22 bits per heavy atom. The molecular formula is C22H20N2O5S3. The molecule has 2 aliphatic heterocycles. The second kappa shape index (κ2) is 7.16. The number of ether oxygens (including phenoxy) is 1. The summed E-state index contributed by atoms with van der Waals surface area (Å²) in [5, 5.41) is 11.0. The van der Waals surface area contributed by atoms with Gasteiger partial charge in [0.1, 0.15) is 12.3 Å². The molecule has 3 fully saturated rings. The lowest BCUT2D eigenvalue weighted by molar-refractivity contribution is -0.151. The van der Waals surface area contributed by atoms with E-state index in [1.54, 1.807) is 35.2 Å². The van der Waals surface area contributed by atoms with E-state index in [1.165, 1.54) is 12.0 Å². The Kier molecular flexibility index (Phi) is 4.58. The van der Waals surface area contributed by atoms with E-state index in [1.807, 2.05) is 12.1 Å². The Hall–Kier alpha value is -2.17. The monoisotopic (exact) mass is 488 g/mol. The first-order valence-corrected chi connectivity index (χ1v) is 12.6. The van der Waals surface area contributed by atoms with Crippen LogP contribution in [0.1, 0.15) is 22.8 Å². The zero-order valence-corrected chi connectivity index (χ0v) is 19.5. The van der Waals surface area contributed by atoms with Gasteiger partial charge < -0.3 is 14.8 Å². The number of phenolic OH excluding ortho intramolecular Hbond substituents is 1. The van der Waals surface area contributed by atoms with Gasteiger partial charge in [0.15, 0.2) is 3.95 Å². The highest BCUT2D eigenvalue weighted by Crippen LogP contribution is 2.68. The zero-order valence-electron chi connectivity index (χ0n) is 17.0. The third-order valence-corrected chi connectivity index (χ3v) is 10.5. The van der Waals surface area contributed by atoms with E-state index in [4.69, 9.17) is 17.0 Å². The van der Waals surface area contributed by atoms with Gasteiger partial charge in [-0.15, -0.1) is 23.1 Å². The van der Waals surface area contributed by atoms with Crippen molar-refractivity contribution in [3.05, 3.63) is 38.7 Å². The fourth-order valence-corrected chi connectivity index (χ4v) is 9.82. The van der Waals surface area contributed by atoms with E-state index in [-0.39, 0.29) is 64.9 Å². The number of fused-ring (bicyclic) bond motifs is 9. The molecule has 3 heterocycles. The van der Waals surface area contributed by atoms with Crippen LogP contribution in [0.5, 0.6) is 5.75 Å². The number of nitrogens with one attached hydrogen (secondary N) is 1. The largest absolute Gasteiger partial charge is 0.508 e. The third kappa shape index (κ3) is 2.72. The highest BCUT2D eigenvalue weighted by Gasteiger charge is 2.69. The van der Waals surface area contributed by atoms with Crippen molar-refractivity contribution in [2.24, 2.45) is 29.6 Å². The number of carbonyl (C=O) groups is 3. The number of nitrogens with zero attached hydrogens (tertiary/aromatic N) is 1. The predicted molar refractivity (Wildman–Crippen MR) is 120 cm³/mol.